The number of carboxylic acid groups (broad SMARTS) is 1. The summed E-state index contributed by atoms with van der Waals surface area (Å²) in [4.78, 5) is 25.0. The number of benzene rings is 4. The van der Waals surface area contributed by atoms with Gasteiger partial charge in [-0.2, -0.15) is 17.9 Å². The molecule has 0 saturated carbocycles. The quantitative estimate of drug-likeness (QED) is 0.183. The van der Waals surface area contributed by atoms with Crippen LogP contribution in [0.25, 0.3) is 22.5 Å². The highest BCUT2D eigenvalue weighted by molar-refractivity contribution is 5.92. The number of aromatic nitrogens is 3. The van der Waals surface area contributed by atoms with Gasteiger partial charge in [-0.25, -0.2) is 18.5 Å². The van der Waals surface area contributed by atoms with Gasteiger partial charge in [-0.05, 0) is 72.1 Å². The van der Waals surface area contributed by atoms with Crippen LogP contribution in [0.5, 0.6) is 5.75 Å². The molecule has 0 aliphatic carbocycles. The molecule has 0 spiro atoms. The molecule has 0 bridgehead atoms. The average Bonchev–Trinajstić information content (AvgIpc) is 3.33. The molecule has 0 radical (unpaired) electrons. The minimum atomic E-state index is -4.54. The van der Waals surface area contributed by atoms with Crippen molar-refractivity contribution in [2.45, 2.75) is 26.2 Å². The van der Waals surface area contributed by atoms with Gasteiger partial charge >= 0.3 is 17.8 Å². The lowest BCUT2D eigenvalue weighted by molar-refractivity contribution is -0.137. The van der Waals surface area contributed by atoms with E-state index < -0.39 is 29.2 Å². The van der Waals surface area contributed by atoms with E-state index in [-0.39, 0.29) is 29.3 Å². The van der Waals surface area contributed by atoms with E-state index in [0.29, 0.717) is 24.5 Å². The highest BCUT2D eigenvalue weighted by atomic mass is 19.4. The summed E-state index contributed by atoms with van der Waals surface area (Å²) in [6.07, 6.45) is -4.54. The Morgan fingerprint density at radius 3 is 2.25 bits per heavy atom. The number of rotatable bonds is 10. The smallest absolute Gasteiger partial charge is 0.416 e. The summed E-state index contributed by atoms with van der Waals surface area (Å²) in [6, 6.07) is 21.9. The van der Waals surface area contributed by atoms with Crippen LogP contribution in [0, 0.1) is 5.82 Å². The number of carboxylic acids is 1. The van der Waals surface area contributed by atoms with Crippen molar-refractivity contribution in [1.29, 1.82) is 0 Å². The van der Waals surface area contributed by atoms with Crippen molar-refractivity contribution in [3.8, 4) is 28.3 Å². The first-order valence-corrected chi connectivity index (χ1v) is 13.5. The third-order valence-electron chi connectivity index (χ3n) is 6.79. The van der Waals surface area contributed by atoms with Crippen molar-refractivity contribution in [2.75, 3.05) is 6.61 Å². The van der Waals surface area contributed by atoms with Crippen molar-refractivity contribution in [1.82, 2.24) is 19.7 Å². The molecule has 0 amide bonds. The lowest BCUT2D eigenvalue weighted by Crippen LogP contribution is -2.25. The first kappa shape index (κ1) is 30.2. The van der Waals surface area contributed by atoms with Crippen LogP contribution >= 0.6 is 0 Å². The van der Waals surface area contributed by atoms with Crippen molar-refractivity contribution in [3.63, 3.8) is 0 Å². The van der Waals surface area contributed by atoms with Crippen LogP contribution in [-0.2, 0) is 19.3 Å². The standard InChI is InChI=1S/C32H26F4N4O4/c1-2-44-28-16-11-22(17-25(28)30(41)42)21-9-7-20(8-10-21)18-37-19-29-38-40(24-14-12-23(13-15-24)32(34,35)36)31(43)39(29)27-6-4-3-5-26(27)33/h3-17,37H,2,18-19H2,1H3,(H,41,42). The lowest BCUT2D eigenvalue weighted by Gasteiger charge is -2.11. The first-order valence-electron chi connectivity index (χ1n) is 13.5. The van der Waals surface area contributed by atoms with Crippen LogP contribution < -0.4 is 15.7 Å². The highest BCUT2D eigenvalue weighted by Crippen LogP contribution is 2.30. The summed E-state index contributed by atoms with van der Waals surface area (Å²) in [6.45, 7) is 2.48. The third kappa shape index (κ3) is 6.40. The third-order valence-corrected chi connectivity index (χ3v) is 6.79. The number of aromatic carboxylic acids is 1. The van der Waals surface area contributed by atoms with Crippen LogP contribution in [0.1, 0.15) is 34.2 Å². The molecule has 0 aliphatic rings. The molecule has 0 saturated heterocycles. The van der Waals surface area contributed by atoms with Crippen LogP contribution in [0.2, 0.25) is 0 Å². The van der Waals surface area contributed by atoms with Crippen LogP contribution in [0.3, 0.4) is 0 Å². The van der Waals surface area contributed by atoms with E-state index in [0.717, 1.165) is 44.6 Å². The van der Waals surface area contributed by atoms with E-state index in [1.165, 1.54) is 18.2 Å². The molecular weight excluding hydrogens is 580 g/mol. The van der Waals surface area contributed by atoms with Gasteiger partial charge < -0.3 is 15.2 Å². The molecule has 1 heterocycles. The Labute approximate surface area is 248 Å². The number of halogens is 4. The van der Waals surface area contributed by atoms with Crippen molar-refractivity contribution in [2.24, 2.45) is 0 Å². The van der Waals surface area contributed by atoms with Gasteiger partial charge in [0.05, 0.1) is 30.1 Å². The zero-order valence-corrected chi connectivity index (χ0v) is 23.3. The van der Waals surface area contributed by atoms with E-state index in [4.69, 9.17) is 4.74 Å². The fourth-order valence-corrected chi connectivity index (χ4v) is 4.65. The fourth-order valence-electron chi connectivity index (χ4n) is 4.65. The Kier molecular flexibility index (Phi) is 8.63. The van der Waals surface area contributed by atoms with Crippen LogP contribution in [-0.4, -0.2) is 32.0 Å². The minimum Gasteiger partial charge on any atom is -0.493 e. The molecule has 226 valence electrons. The molecule has 0 atom stereocenters. The molecule has 5 rings (SSSR count). The Morgan fingerprint density at radius 2 is 1.61 bits per heavy atom. The van der Waals surface area contributed by atoms with Crippen molar-refractivity contribution in [3.05, 3.63) is 130 Å². The number of carbonyl (C=O) groups is 1. The number of nitrogens with one attached hydrogen (secondary N) is 1. The molecule has 8 nitrogen and oxygen atoms in total. The summed E-state index contributed by atoms with van der Waals surface area (Å²) < 4.78 is 61.3. The SMILES string of the molecule is CCOc1ccc(-c2ccc(CNCc3nn(-c4ccc(C(F)(F)F)cc4)c(=O)n3-c3ccccc3F)cc2)cc1C(=O)O. The second-order valence-corrected chi connectivity index (χ2v) is 9.69. The van der Waals surface area contributed by atoms with Crippen molar-refractivity contribution < 1.29 is 32.2 Å². The largest absolute Gasteiger partial charge is 0.493 e. The Hall–Kier alpha value is -5.23. The molecule has 0 unspecified atom stereocenters. The van der Waals surface area contributed by atoms with Gasteiger partial charge in [0.1, 0.15) is 17.1 Å². The summed E-state index contributed by atoms with van der Waals surface area (Å²) in [7, 11) is 0. The van der Waals surface area contributed by atoms with Gasteiger partial charge in [-0.15, -0.1) is 5.10 Å². The van der Waals surface area contributed by atoms with Gasteiger partial charge in [-0.1, -0.05) is 42.5 Å². The lowest BCUT2D eigenvalue weighted by atomic mass is 10.0. The highest BCUT2D eigenvalue weighted by Gasteiger charge is 2.30. The van der Waals surface area contributed by atoms with E-state index in [1.807, 2.05) is 24.3 Å². The molecule has 44 heavy (non-hydrogen) atoms. The molecule has 5 aromatic rings. The van der Waals surface area contributed by atoms with Gasteiger partial charge in [0.25, 0.3) is 0 Å². The Bertz CT molecular complexity index is 1850. The Morgan fingerprint density at radius 1 is 0.932 bits per heavy atom. The number of hydrogen-bond donors (Lipinski definition) is 2. The summed E-state index contributed by atoms with van der Waals surface area (Å²) in [5.41, 5.74) is 0.846. The van der Waals surface area contributed by atoms with E-state index in [9.17, 15) is 32.3 Å². The second-order valence-electron chi connectivity index (χ2n) is 9.69. The maximum absolute atomic E-state index is 14.7. The zero-order chi connectivity index (χ0) is 31.4. The van der Waals surface area contributed by atoms with Crippen LogP contribution in [0.4, 0.5) is 17.6 Å². The molecule has 0 fully saturated rings. The Balaban J connectivity index is 1.37. The minimum absolute atomic E-state index is 0.0276. The fraction of sp³-hybridized carbons (Fsp3) is 0.156. The van der Waals surface area contributed by atoms with Gasteiger partial charge in [0.2, 0.25) is 0 Å². The first-order chi connectivity index (χ1) is 21.1. The molecular formula is C32H26F4N4O4. The summed E-state index contributed by atoms with van der Waals surface area (Å²) >= 11 is 0. The summed E-state index contributed by atoms with van der Waals surface area (Å²) in [5.74, 6) is -1.32. The molecule has 2 N–H and O–H groups in total. The van der Waals surface area contributed by atoms with Gasteiger partial charge in [-0.3, -0.25) is 0 Å². The van der Waals surface area contributed by atoms with Crippen molar-refractivity contribution >= 4 is 5.97 Å². The predicted octanol–water partition coefficient (Wildman–Crippen LogP) is 6.23. The number of para-hydroxylation sites is 1. The monoisotopic (exact) mass is 606 g/mol. The molecule has 12 heteroatoms. The topological polar surface area (TPSA) is 98.4 Å². The van der Waals surface area contributed by atoms with E-state index in [1.54, 1.807) is 31.2 Å². The molecule has 4 aromatic carbocycles. The van der Waals surface area contributed by atoms with Gasteiger partial charge in [0.15, 0.2) is 5.82 Å². The number of nitrogens with zero attached hydrogens (tertiary/aromatic N) is 3. The van der Waals surface area contributed by atoms with Crippen LogP contribution in [0.15, 0.2) is 95.8 Å². The normalized spacial score (nSPS) is 11.5. The number of ether oxygens (including phenoxy) is 1. The number of hydrogen-bond acceptors (Lipinski definition) is 5. The average molecular weight is 607 g/mol. The summed E-state index contributed by atoms with van der Waals surface area (Å²) in [5, 5.41) is 17.0. The number of alkyl halides is 3. The van der Waals surface area contributed by atoms with Gasteiger partial charge in [0, 0.05) is 6.54 Å². The zero-order valence-electron chi connectivity index (χ0n) is 23.3. The predicted molar refractivity (Wildman–Crippen MR) is 155 cm³/mol. The second kappa shape index (κ2) is 12.6. The maximum Gasteiger partial charge on any atom is 0.416 e. The maximum atomic E-state index is 14.7. The molecule has 1 aromatic heterocycles. The molecule has 0 aliphatic heterocycles. The van der Waals surface area contributed by atoms with E-state index >= 15 is 0 Å². The van der Waals surface area contributed by atoms with E-state index in [2.05, 4.69) is 10.4 Å².